The first-order chi connectivity index (χ1) is 12.8. The third-order valence-corrected chi connectivity index (χ3v) is 4.55. The van der Waals surface area contributed by atoms with Crippen LogP contribution in [0.2, 0.25) is 6.32 Å². The predicted octanol–water partition coefficient (Wildman–Crippen LogP) is -8.06. The molecule has 14 heteroatoms. The van der Waals surface area contributed by atoms with E-state index in [0.29, 0.717) is 5.56 Å². The van der Waals surface area contributed by atoms with Gasteiger partial charge in [-0.25, -0.2) is 4.98 Å². The van der Waals surface area contributed by atoms with Crippen LogP contribution < -0.4 is 73.6 Å². The van der Waals surface area contributed by atoms with Gasteiger partial charge < -0.3 is 34.2 Å². The first-order valence-corrected chi connectivity index (χ1v) is 8.32. The van der Waals surface area contributed by atoms with Gasteiger partial charge in [0.1, 0.15) is 18.2 Å². The van der Waals surface area contributed by atoms with Crippen molar-refractivity contribution in [1.29, 1.82) is 0 Å². The van der Waals surface area contributed by atoms with Gasteiger partial charge in [0.05, 0.1) is 30.4 Å². The summed E-state index contributed by atoms with van der Waals surface area (Å²) in [7, 11) is 0. The van der Waals surface area contributed by atoms with E-state index >= 15 is 0 Å². The summed E-state index contributed by atoms with van der Waals surface area (Å²) in [5.74, 6) is -1.95. The number of carbonyl (C=O) groups excluding carboxylic acids is 2. The van der Waals surface area contributed by atoms with Gasteiger partial charge in [-0.15, -0.1) is 0 Å². The van der Waals surface area contributed by atoms with E-state index in [9.17, 15) is 24.7 Å². The van der Waals surface area contributed by atoms with Crippen molar-refractivity contribution in [3.63, 3.8) is 0 Å². The van der Waals surface area contributed by atoms with Gasteiger partial charge in [-0.3, -0.25) is 9.89 Å². The smallest absolute Gasteiger partial charge is 0.669 e. The van der Waals surface area contributed by atoms with Crippen LogP contribution in [0.1, 0.15) is 26.5 Å². The molecule has 0 saturated carbocycles. The number of carboxylic acids is 1. The minimum Gasteiger partial charge on any atom is -0.669 e. The molecule has 29 heavy (non-hydrogen) atoms. The number of ether oxygens (including phenoxy) is 1. The van der Waals surface area contributed by atoms with Crippen molar-refractivity contribution in [3.8, 4) is 11.5 Å². The zero-order chi connectivity index (χ0) is 19.2. The van der Waals surface area contributed by atoms with Crippen LogP contribution in [0.3, 0.4) is 0 Å². The van der Waals surface area contributed by atoms with E-state index in [-0.39, 0.29) is 114 Å². The molecular weight excluding hydrogens is 405 g/mol. The number of hydrogen-bond donors (Lipinski definition) is 3. The molecular formula is C15H15BN4Na2O7. The monoisotopic (exact) mass is 420 g/mol. The Bertz CT molecular complexity index is 906. The number of H-pyrrole nitrogens is 1. The Morgan fingerprint density at radius 3 is 2.66 bits per heavy atom. The fourth-order valence-corrected chi connectivity index (χ4v) is 3.14. The number of nitrogens with one attached hydrogen (secondary N) is 1. The van der Waals surface area contributed by atoms with Gasteiger partial charge in [-0.05, 0) is 18.1 Å². The molecule has 0 spiro atoms. The van der Waals surface area contributed by atoms with Crippen LogP contribution in [-0.4, -0.2) is 68.0 Å². The average Bonchev–Trinajstić information content (AvgIpc) is 3.10. The summed E-state index contributed by atoms with van der Waals surface area (Å²) < 4.78 is 10.8. The number of benzene rings is 1. The third kappa shape index (κ3) is 4.97. The fourth-order valence-electron chi connectivity index (χ4n) is 3.14. The Morgan fingerprint density at radius 2 is 2.03 bits per heavy atom. The number of aromatic amines is 1. The number of aryl methyl sites for hydroxylation is 1. The molecule has 0 radical (unpaired) electrons. The quantitative estimate of drug-likeness (QED) is 0.408. The minimum atomic E-state index is -3.13. The average molecular weight is 420 g/mol. The first kappa shape index (κ1) is 24.2. The number of rotatable bonds is 4. The predicted molar refractivity (Wildman–Crippen MR) is 86.8 cm³/mol. The molecule has 3 heterocycles. The second-order valence-electron chi connectivity index (χ2n) is 6.51. The van der Waals surface area contributed by atoms with E-state index in [4.69, 9.17) is 9.39 Å². The zero-order valence-electron chi connectivity index (χ0n) is 16.0. The largest absolute Gasteiger partial charge is 1.00 e. The second kappa shape index (κ2) is 9.35. The van der Waals surface area contributed by atoms with Crippen molar-refractivity contribution in [3.05, 3.63) is 35.4 Å². The van der Waals surface area contributed by atoms with Crippen LogP contribution in [0.25, 0.3) is 0 Å². The van der Waals surface area contributed by atoms with Gasteiger partial charge in [-0.1, -0.05) is 12.4 Å². The zero-order valence-corrected chi connectivity index (χ0v) is 20.0. The number of amides is 1. The van der Waals surface area contributed by atoms with Gasteiger partial charge >= 0.3 is 65.9 Å². The van der Waals surface area contributed by atoms with E-state index in [1.165, 1.54) is 17.3 Å². The number of aromatic nitrogens is 3. The summed E-state index contributed by atoms with van der Waals surface area (Å²) in [6.07, 6.45) is 1.02. The molecule has 142 valence electrons. The Morgan fingerprint density at radius 1 is 1.31 bits per heavy atom. The van der Waals surface area contributed by atoms with Gasteiger partial charge in [0.25, 0.3) is 5.91 Å². The first-order valence-electron chi connectivity index (χ1n) is 8.32. The SMILES string of the molecule is O=C([O-])c1c(OC2CN(C(=O)c3ncn[nH]3)C2)ccc2c1O[B-](O)(O)CC2.[Na+].[Na+]. The summed E-state index contributed by atoms with van der Waals surface area (Å²) in [5, 5.41) is 37.2. The standard InChI is InChI=1S/C15H16BN4O7.2Na/c21-14(13-17-7-18-19-13)20-5-9(6-20)26-10-2-1-8-3-4-16(24,25)27-12(8)11(10)15(22)23;;/h1-2,7,9,24-25H,3-6H2,(H,22,23)(H,17,18,19);;/q-1;2*+1/p-1. The number of carboxylic acid groups (broad SMARTS) is 1. The van der Waals surface area contributed by atoms with Crippen LogP contribution in [-0.2, 0) is 6.42 Å². The molecule has 0 aliphatic carbocycles. The van der Waals surface area contributed by atoms with E-state index in [1.54, 1.807) is 6.07 Å². The van der Waals surface area contributed by atoms with E-state index in [0.717, 1.165) is 0 Å². The molecule has 0 unspecified atom stereocenters. The molecule has 1 aromatic heterocycles. The number of likely N-dealkylation sites (tertiary alicyclic amines) is 1. The van der Waals surface area contributed by atoms with Crippen molar-refractivity contribution in [1.82, 2.24) is 20.1 Å². The maximum atomic E-state index is 12.1. The van der Waals surface area contributed by atoms with Gasteiger partial charge in [0.15, 0.2) is 0 Å². The van der Waals surface area contributed by atoms with E-state index in [1.807, 2.05) is 0 Å². The summed E-state index contributed by atoms with van der Waals surface area (Å²) in [6.45, 7) is -2.66. The van der Waals surface area contributed by atoms with E-state index in [2.05, 4.69) is 15.2 Å². The topological polar surface area (TPSA) is 161 Å². The Balaban J connectivity index is 0.00000150. The molecule has 0 atom stereocenters. The molecule has 1 saturated heterocycles. The van der Waals surface area contributed by atoms with Crippen molar-refractivity contribution in [2.75, 3.05) is 13.1 Å². The molecule has 1 aromatic carbocycles. The van der Waals surface area contributed by atoms with Crippen LogP contribution in [0.5, 0.6) is 11.5 Å². The van der Waals surface area contributed by atoms with Crippen molar-refractivity contribution >= 4 is 18.6 Å². The Labute approximate surface area is 209 Å². The fraction of sp³-hybridized carbons (Fsp3) is 0.333. The normalized spacial score (nSPS) is 17.0. The van der Waals surface area contributed by atoms with Crippen molar-refractivity contribution < 1.29 is 93.2 Å². The molecule has 2 aromatic rings. The molecule has 11 nitrogen and oxygen atoms in total. The Kier molecular flexibility index (Phi) is 7.79. The van der Waals surface area contributed by atoms with Crippen molar-refractivity contribution in [2.24, 2.45) is 0 Å². The van der Waals surface area contributed by atoms with Gasteiger partial charge in [0, 0.05) is 0 Å². The molecule has 1 fully saturated rings. The number of aromatic carboxylic acids is 1. The molecule has 2 aliphatic rings. The van der Waals surface area contributed by atoms with Crippen molar-refractivity contribution in [2.45, 2.75) is 18.8 Å². The minimum absolute atomic E-state index is 0. The molecule has 4 rings (SSSR count). The number of fused-ring (bicyclic) bond motifs is 1. The molecule has 2 aliphatic heterocycles. The molecule has 1 amide bonds. The number of carbonyl (C=O) groups is 2. The van der Waals surface area contributed by atoms with Crippen LogP contribution in [0.15, 0.2) is 18.5 Å². The second-order valence-corrected chi connectivity index (χ2v) is 6.51. The van der Waals surface area contributed by atoms with Crippen LogP contribution >= 0.6 is 0 Å². The van der Waals surface area contributed by atoms with Crippen LogP contribution in [0, 0.1) is 0 Å². The number of nitrogens with zero attached hydrogens (tertiary/aromatic N) is 3. The molecule has 0 bridgehead atoms. The summed E-state index contributed by atoms with van der Waals surface area (Å²) >= 11 is 0. The maximum Gasteiger partial charge on any atom is 1.00 e. The summed E-state index contributed by atoms with van der Waals surface area (Å²) in [5.41, 5.74) is 0.152. The van der Waals surface area contributed by atoms with E-state index < -0.39 is 18.8 Å². The van der Waals surface area contributed by atoms with Gasteiger partial charge in [0.2, 0.25) is 5.82 Å². The maximum absolute atomic E-state index is 12.1. The Hall–Kier alpha value is -1.12. The summed E-state index contributed by atoms with van der Waals surface area (Å²) in [4.78, 5) is 28.9. The third-order valence-electron chi connectivity index (χ3n) is 4.55. The number of hydrogen-bond acceptors (Lipinski definition) is 9. The molecule has 3 N–H and O–H groups in total. The van der Waals surface area contributed by atoms with Crippen LogP contribution in [0.4, 0.5) is 0 Å². The van der Waals surface area contributed by atoms with Gasteiger partial charge in [-0.2, -0.15) is 5.10 Å². The summed E-state index contributed by atoms with van der Waals surface area (Å²) in [6, 6.07) is 3.08.